The first-order valence-electron chi connectivity index (χ1n) is 9.68. The Morgan fingerprint density at radius 2 is 1.52 bits per heavy atom. The van der Waals surface area contributed by atoms with Gasteiger partial charge in [-0.15, -0.1) is 0 Å². The molecule has 0 aliphatic carbocycles. The molecule has 0 amide bonds. The zero-order chi connectivity index (χ0) is 18.9. The van der Waals surface area contributed by atoms with E-state index >= 15 is 0 Å². The molecule has 5 heteroatoms. The van der Waals surface area contributed by atoms with Gasteiger partial charge in [0.15, 0.2) is 0 Å². The maximum absolute atomic E-state index is 11.4. The third kappa shape index (κ3) is 7.94. The van der Waals surface area contributed by atoms with Crippen molar-refractivity contribution in [2.75, 3.05) is 0 Å². The molecule has 0 saturated carbocycles. The van der Waals surface area contributed by atoms with Gasteiger partial charge in [0.1, 0.15) is 5.75 Å². The molecule has 2 atom stereocenters. The second-order valence-electron chi connectivity index (χ2n) is 7.13. The van der Waals surface area contributed by atoms with Crippen molar-refractivity contribution in [2.45, 2.75) is 90.9 Å². The maximum Gasteiger partial charge on any atom is 0.524 e. The van der Waals surface area contributed by atoms with E-state index in [4.69, 9.17) is 4.52 Å². The summed E-state index contributed by atoms with van der Waals surface area (Å²) >= 11 is 0. The van der Waals surface area contributed by atoms with E-state index in [0.717, 1.165) is 31.2 Å². The zero-order valence-electron chi connectivity index (χ0n) is 16.2. The van der Waals surface area contributed by atoms with Gasteiger partial charge >= 0.3 is 7.82 Å². The lowest BCUT2D eigenvalue weighted by atomic mass is 9.84. The summed E-state index contributed by atoms with van der Waals surface area (Å²) in [6.45, 7) is 8.71. The van der Waals surface area contributed by atoms with Crippen molar-refractivity contribution in [2.24, 2.45) is 0 Å². The molecular formula is C20H35O4P. The minimum atomic E-state index is -4.56. The van der Waals surface area contributed by atoms with Crippen molar-refractivity contribution in [1.29, 1.82) is 0 Å². The van der Waals surface area contributed by atoms with Crippen LogP contribution in [0, 0.1) is 0 Å². The Morgan fingerprint density at radius 3 is 2.04 bits per heavy atom. The minimum absolute atomic E-state index is 0.220. The summed E-state index contributed by atoms with van der Waals surface area (Å²) in [5.74, 6) is 0.922. The van der Waals surface area contributed by atoms with Gasteiger partial charge in [0, 0.05) is 5.56 Å². The average molecular weight is 370 g/mol. The number of phosphoric acid groups is 1. The summed E-state index contributed by atoms with van der Waals surface area (Å²) in [6.07, 6.45) is 9.11. The molecule has 0 aromatic heterocycles. The number of benzene rings is 1. The van der Waals surface area contributed by atoms with Crippen LogP contribution >= 0.6 is 7.82 Å². The average Bonchev–Trinajstić information content (AvgIpc) is 2.53. The lowest BCUT2D eigenvalue weighted by molar-refractivity contribution is 0.281. The van der Waals surface area contributed by atoms with E-state index in [9.17, 15) is 14.4 Å². The van der Waals surface area contributed by atoms with Crippen molar-refractivity contribution >= 4 is 7.82 Å². The predicted octanol–water partition coefficient (Wildman–Crippen LogP) is 6.53. The van der Waals surface area contributed by atoms with Crippen LogP contribution in [0.3, 0.4) is 0 Å². The molecule has 0 spiro atoms. The van der Waals surface area contributed by atoms with Crippen LogP contribution in [-0.2, 0) is 4.57 Å². The lowest BCUT2D eigenvalue weighted by Crippen LogP contribution is -2.07. The second-order valence-corrected chi connectivity index (χ2v) is 8.30. The van der Waals surface area contributed by atoms with E-state index < -0.39 is 7.82 Å². The summed E-state index contributed by atoms with van der Waals surface area (Å²) in [7, 11) is -4.56. The van der Waals surface area contributed by atoms with Crippen LogP contribution in [0.1, 0.15) is 102 Å². The minimum Gasteiger partial charge on any atom is -0.404 e. The number of unbranched alkanes of at least 4 members (excludes halogenated alkanes) is 4. The van der Waals surface area contributed by atoms with Gasteiger partial charge in [-0.2, -0.15) is 0 Å². The predicted molar refractivity (Wildman–Crippen MR) is 104 cm³/mol. The quantitative estimate of drug-likeness (QED) is 0.324. The Hall–Kier alpha value is -0.830. The van der Waals surface area contributed by atoms with Gasteiger partial charge in [-0.3, -0.25) is 9.79 Å². The van der Waals surface area contributed by atoms with Gasteiger partial charge in [0.2, 0.25) is 0 Å². The first kappa shape index (κ1) is 22.2. The maximum atomic E-state index is 11.4. The molecule has 2 N–H and O–H groups in total. The molecule has 144 valence electrons. The Bertz CT molecular complexity index is 553. The number of phosphoric ester groups is 1. The van der Waals surface area contributed by atoms with Crippen molar-refractivity contribution < 1.29 is 18.9 Å². The number of hydrogen-bond acceptors (Lipinski definition) is 2. The van der Waals surface area contributed by atoms with Crippen LogP contribution in [0.4, 0.5) is 0 Å². The highest BCUT2D eigenvalue weighted by molar-refractivity contribution is 7.46. The molecule has 0 bridgehead atoms. The summed E-state index contributed by atoms with van der Waals surface area (Å²) in [5.41, 5.74) is 2.15. The summed E-state index contributed by atoms with van der Waals surface area (Å²) in [4.78, 5) is 18.6. The fourth-order valence-electron chi connectivity index (χ4n) is 3.43. The van der Waals surface area contributed by atoms with Crippen molar-refractivity contribution in [3.05, 3.63) is 29.3 Å². The monoisotopic (exact) mass is 370 g/mol. The first-order chi connectivity index (χ1) is 11.8. The molecule has 4 nitrogen and oxygen atoms in total. The Labute approximate surface area is 153 Å². The van der Waals surface area contributed by atoms with Crippen LogP contribution in [0.5, 0.6) is 5.75 Å². The van der Waals surface area contributed by atoms with Crippen molar-refractivity contribution in [1.82, 2.24) is 0 Å². The Kier molecular flexibility index (Phi) is 9.78. The molecule has 0 heterocycles. The first-order valence-corrected chi connectivity index (χ1v) is 11.2. The standard InChI is InChI=1S/C20H35O4P/c1-5-7-9-12-16(3)18-14-11-15-19(24-25(21,22)23)20(18)17(4)13-10-8-6-2/h11,14-17H,5-10,12-13H2,1-4H3,(H2,21,22,23). The fraction of sp³-hybridized carbons (Fsp3) is 0.700. The molecule has 0 aliphatic rings. The molecule has 0 fully saturated rings. The van der Waals surface area contributed by atoms with Crippen LogP contribution in [-0.4, -0.2) is 9.79 Å². The van der Waals surface area contributed by atoms with Gasteiger partial charge in [-0.25, -0.2) is 4.57 Å². The Morgan fingerprint density at radius 1 is 0.960 bits per heavy atom. The molecular weight excluding hydrogens is 335 g/mol. The van der Waals surface area contributed by atoms with Gasteiger partial charge in [0.05, 0.1) is 0 Å². The Balaban J connectivity index is 3.12. The second kappa shape index (κ2) is 11.0. The van der Waals surface area contributed by atoms with Crippen LogP contribution < -0.4 is 4.52 Å². The zero-order valence-corrected chi connectivity index (χ0v) is 17.1. The lowest BCUT2D eigenvalue weighted by Gasteiger charge is -2.24. The summed E-state index contributed by atoms with van der Waals surface area (Å²) in [5, 5.41) is 0. The normalized spacial score (nSPS) is 14.3. The molecule has 0 aliphatic heterocycles. The van der Waals surface area contributed by atoms with Gasteiger partial charge in [-0.1, -0.05) is 78.4 Å². The molecule has 2 unspecified atom stereocenters. The van der Waals surface area contributed by atoms with Gasteiger partial charge < -0.3 is 4.52 Å². The summed E-state index contributed by atoms with van der Waals surface area (Å²) in [6, 6.07) is 5.63. The van der Waals surface area contributed by atoms with Crippen LogP contribution in [0.2, 0.25) is 0 Å². The van der Waals surface area contributed by atoms with E-state index in [1.165, 1.54) is 31.2 Å². The van der Waals surface area contributed by atoms with Crippen molar-refractivity contribution in [3.8, 4) is 5.75 Å². The number of hydrogen-bond donors (Lipinski definition) is 2. The smallest absolute Gasteiger partial charge is 0.404 e. The molecule has 25 heavy (non-hydrogen) atoms. The molecule has 0 radical (unpaired) electrons. The largest absolute Gasteiger partial charge is 0.524 e. The van der Waals surface area contributed by atoms with E-state index in [1.54, 1.807) is 6.07 Å². The molecule has 1 aromatic carbocycles. The molecule has 1 rings (SSSR count). The third-order valence-corrected chi connectivity index (χ3v) is 5.26. The number of rotatable bonds is 12. The van der Waals surface area contributed by atoms with Crippen LogP contribution in [0.15, 0.2) is 18.2 Å². The van der Waals surface area contributed by atoms with E-state index in [0.29, 0.717) is 11.7 Å². The van der Waals surface area contributed by atoms with E-state index in [1.807, 2.05) is 6.07 Å². The highest BCUT2D eigenvalue weighted by Crippen LogP contribution is 2.44. The molecule has 0 saturated heterocycles. The third-order valence-electron chi connectivity index (χ3n) is 4.82. The highest BCUT2D eigenvalue weighted by Gasteiger charge is 2.24. The van der Waals surface area contributed by atoms with E-state index in [-0.39, 0.29) is 5.92 Å². The topological polar surface area (TPSA) is 66.8 Å². The van der Waals surface area contributed by atoms with Crippen LogP contribution in [0.25, 0.3) is 0 Å². The molecule has 1 aromatic rings. The SMILES string of the molecule is CCCCCC(C)c1cccc(OP(=O)(O)O)c1C(C)CCCCC. The fourth-order valence-corrected chi connectivity index (χ4v) is 3.84. The van der Waals surface area contributed by atoms with E-state index in [2.05, 4.69) is 33.8 Å². The highest BCUT2D eigenvalue weighted by atomic mass is 31.2. The van der Waals surface area contributed by atoms with Gasteiger partial charge in [-0.05, 0) is 36.3 Å². The van der Waals surface area contributed by atoms with Crippen molar-refractivity contribution in [3.63, 3.8) is 0 Å². The van der Waals surface area contributed by atoms with Gasteiger partial charge in [0.25, 0.3) is 0 Å². The summed E-state index contributed by atoms with van der Waals surface area (Å²) < 4.78 is 16.4.